The van der Waals surface area contributed by atoms with Crippen LogP contribution in [0.2, 0.25) is 0 Å². The predicted octanol–water partition coefficient (Wildman–Crippen LogP) is 4.11. The number of nitrogens with one attached hydrogen (secondary N) is 1. The van der Waals surface area contributed by atoms with Crippen molar-refractivity contribution in [1.82, 2.24) is 5.32 Å². The fourth-order valence-corrected chi connectivity index (χ4v) is 2.67. The predicted molar refractivity (Wildman–Crippen MR) is 87.0 cm³/mol. The highest BCUT2D eigenvalue weighted by molar-refractivity contribution is 8.05. The van der Waals surface area contributed by atoms with Crippen molar-refractivity contribution in [3.8, 4) is 0 Å². The smallest absolute Gasteiger partial charge is 0.101 e. The van der Waals surface area contributed by atoms with E-state index in [1.807, 2.05) is 23.8 Å². The lowest BCUT2D eigenvalue weighted by atomic mass is 10.1. The van der Waals surface area contributed by atoms with Crippen molar-refractivity contribution in [1.29, 1.82) is 0 Å². The van der Waals surface area contributed by atoms with Gasteiger partial charge in [0.1, 0.15) is 5.03 Å². The Bertz CT molecular complexity index is 453. The second-order valence-electron chi connectivity index (χ2n) is 3.60. The molecular weight excluding hydrogens is 260 g/mol. The number of rotatable bonds is 7. The second-order valence-corrected chi connectivity index (χ2v) is 5.28. The molecule has 0 heterocycles. The van der Waals surface area contributed by atoms with E-state index in [0.717, 1.165) is 22.2 Å². The standard InChI is InChI=1S/C14H18N2S2/c1-11-7-5-6-8-13(11)12(2)16-10-18-9-14(15-3)17-4/h5-9,16H,2-3,10H2,1,4H3/b14-9+. The maximum atomic E-state index is 4.06. The molecule has 0 unspecified atom stereocenters. The van der Waals surface area contributed by atoms with Crippen molar-refractivity contribution < 1.29 is 0 Å². The van der Waals surface area contributed by atoms with Gasteiger partial charge in [-0.3, -0.25) is 4.99 Å². The van der Waals surface area contributed by atoms with E-state index in [1.54, 1.807) is 23.5 Å². The summed E-state index contributed by atoms with van der Waals surface area (Å²) in [5.74, 6) is 0.771. The zero-order valence-electron chi connectivity index (χ0n) is 10.8. The zero-order chi connectivity index (χ0) is 13.4. The number of aryl methyl sites for hydroxylation is 1. The van der Waals surface area contributed by atoms with Gasteiger partial charge in [-0.1, -0.05) is 30.8 Å². The molecule has 0 aliphatic heterocycles. The largest absolute Gasteiger partial charge is 0.376 e. The zero-order valence-corrected chi connectivity index (χ0v) is 12.4. The topological polar surface area (TPSA) is 24.4 Å². The van der Waals surface area contributed by atoms with Gasteiger partial charge in [-0.25, -0.2) is 0 Å². The Hall–Kier alpha value is -1.13. The molecule has 0 amide bonds. The molecule has 1 N–H and O–H groups in total. The van der Waals surface area contributed by atoms with E-state index >= 15 is 0 Å². The molecule has 2 nitrogen and oxygen atoms in total. The number of thioether (sulfide) groups is 2. The lowest BCUT2D eigenvalue weighted by Gasteiger charge is -2.10. The van der Waals surface area contributed by atoms with Gasteiger partial charge in [0.15, 0.2) is 0 Å². The summed E-state index contributed by atoms with van der Waals surface area (Å²) in [5.41, 5.74) is 3.34. The van der Waals surface area contributed by atoms with Crippen LogP contribution in [0.5, 0.6) is 0 Å². The SMILES string of the molecule is C=N/C(=C\SCNC(=C)c1ccccc1C)SC. The van der Waals surface area contributed by atoms with Gasteiger partial charge in [0.2, 0.25) is 0 Å². The molecule has 1 rings (SSSR count). The number of benzene rings is 1. The number of nitrogens with zero attached hydrogens (tertiary/aromatic N) is 1. The molecule has 18 heavy (non-hydrogen) atoms. The van der Waals surface area contributed by atoms with Gasteiger partial charge in [-0.05, 0) is 31.0 Å². The Morgan fingerprint density at radius 3 is 2.78 bits per heavy atom. The van der Waals surface area contributed by atoms with Crippen LogP contribution < -0.4 is 5.32 Å². The molecule has 0 radical (unpaired) electrons. The minimum Gasteiger partial charge on any atom is -0.376 e. The van der Waals surface area contributed by atoms with Crippen LogP contribution in [0.25, 0.3) is 5.70 Å². The lowest BCUT2D eigenvalue weighted by molar-refractivity contribution is 1.09. The summed E-state index contributed by atoms with van der Waals surface area (Å²) in [6.07, 6.45) is 1.99. The van der Waals surface area contributed by atoms with Crippen LogP contribution in [0.4, 0.5) is 0 Å². The number of hydrogen-bond acceptors (Lipinski definition) is 4. The molecule has 0 aliphatic rings. The Balaban J connectivity index is 2.46. The minimum absolute atomic E-state index is 0.771. The molecule has 0 bridgehead atoms. The van der Waals surface area contributed by atoms with Crippen LogP contribution in [-0.2, 0) is 0 Å². The minimum atomic E-state index is 0.771. The summed E-state index contributed by atoms with van der Waals surface area (Å²) in [6.45, 7) is 9.66. The van der Waals surface area contributed by atoms with Gasteiger partial charge >= 0.3 is 0 Å². The van der Waals surface area contributed by atoms with Crippen LogP contribution in [-0.4, -0.2) is 18.9 Å². The Kier molecular flexibility index (Phi) is 6.68. The van der Waals surface area contributed by atoms with Crippen molar-refractivity contribution in [2.45, 2.75) is 6.92 Å². The van der Waals surface area contributed by atoms with Gasteiger partial charge < -0.3 is 5.32 Å². The van der Waals surface area contributed by atoms with Gasteiger partial charge in [0.05, 0.1) is 5.88 Å². The highest BCUT2D eigenvalue weighted by Crippen LogP contribution is 2.18. The average Bonchev–Trinajstić information content (AvgIpc) is 2.39. The van der Waals surface area contributed by atoms with Crippen LogP contribution >= 0.6 is 23.5 Å². The first-order valence-electron chi connectivity index (χ1n) is 5.50. The highest BCUT2D eigenvalue weighted by atomic mass is 32.2. The van der Waals surface area contributed by atoms with Crippen LogP contribution in [0.15, 0.2) is 46.3 Å². The summed E-state index contributed by atoms with van der Waals surface area (Å²) in [7, 11) is 0. The molecule has 4 heteroatoms. The van der Waals surface area contributed by atoms with E-state index in [4.69, 9.17) is 0 Å². The average molecular weight is 278 g/mol. The van der Waals surface area contributed by atoms with Crippen LogP contribution in [0.1, 0.15) is 11.1 Å². The van der Waals surface area contributed by atoms with E-state index in [2.05, 4.69) is 42.7 Å². The van der Waals surface area contributed by atoms with E-state index in [9.17, 15) is 0 Å². The van der Waals surface area contributed by atoms with Gasteiger partial charge in [-0.15, -0.1) is 23.5 Å². The van der Waals surface area contributed by atoms with Crippen molar-refractivity contribution in [2.24, 2.45) is 4.99 Å². The third-order valence-corrected chi connectivity index (χ3v) is 3.90. The summed E-state index contributed by atoms with van der Waals surface area (Å²) in [5, 5.41) is 6.23. The van der Waals surface area contributed by atoms with Crippen molar-refractivity contribution in [3.05, 3.63) is 52.4 Å². The summed E-state index contributed by atoms with van der Waals surface area (Å²) in [4.78, 5) is 3.90. The molecule has 0 spiro atoms. The molecular formula is C14H18N2S2. The first-order chi connectivity index (χ1) is 8.69. The fraction of sp³-hybridized carbons (Fsp3) is 0.214. The normalized spacial score (nSPS) is 11.1. The van der Waals surface area contributed by atoms with Crippen molar-refractivity contribution >= 4 is 35.9 Å². The summed E-state index contributed by atoms with van der Waals surface area (Å²) in [6, 6.07) is 8.21. The third-order valence-electron chi connectivity index (χ3n) is 2.39. The fourth-order valence-electron chi connectivity index (χ4n) is 1.40. The first-order valence-corrected chi connectivity index (χ1v) is 7.77. The number of hydrogen-bond donors (Lipinski definition) is 1. The van der Waals surface area contributed by atoms with Crippen LogP contribution in [0.3, 0.4) is 0 Å². The summed E-state index contributed by atoms with van der Waals surface area (Å²) >= 11 is 3.24. The third kappa shape index (κ3) is 4.63. The molecule has 0 saturated heterocycles. The van der Waals surface area contributed by atoms with E-state index in [1.165, 1.54) is 5.56 Å². The van der Waals surface area contributed by atoms with E-state index < -0.39 is 0 Å². The molecule has 0 saturated carbocycles. The Morgan fingerprint density at radius 1 is 1.44 bits per heavy atom. The number of aliphatic imine (C=N–C) groups is 1. The highest BCUT2D eigenvalue weighted by Gasteiger charge is 2.00. The maximum absolute atomic E-state index is 4.06. The molecule has 96 valence electrons. The molecule has 1 aromatic carbocycles. The molecule has 0 atom stereocenters. The van der Waals surface area contributed by atoms with Crippen LogP contribution in [0, 0.1) is 6.92 Å². The summed E-state index contributed by atoms with van der Waals surface area (Å²) < 4.78 is 0. The molecule has 0 aliphatic carbocycles. The molecule has 1 aromatic rings. The Labute approximate surface area is 118 Å². The Morgan fingerprint density at radius 2 is 2.17 bits per heavy atom. The van der Waals surface area contributed by atoms with Crippen molar-refractivity contribution in [3.63, 3.8) is 0 Å². The first kappa shape index (κ1) is 14.9. The maximum Gasteiger partial charge on any atom is 0.101 e. The van der Waals surface area contributed by atoms with Gasteiger partial charge in [0, 0.05) is 11.1 Å². The van der Waals surface area contributed by atoms with E-state index in [-0.39, 0.29) is 0 Å². The monoisotopic (exact) mass is 278 g/mol. The quantitative estimate of drug-likeness (QED) is 0.461. The van der Waals surface area contributed by atoms with Gasteiger partial charge in [-0.2, -0.15) is 0 Å². The van der Waals surface area contributed by atoms with Gasteiger partial charge in [0.25, 0.3) is 0 Å². The lowest BCUT2D eigenvalue weighted by Crippen LogP contribution is -2.10. The van der Waals surface area contributed by atoms with Crippen molar-refractivity contribution in [2.75, 3.05) is 12.1 Å². The van der Waals surface area contributed by atoms with E-state index in [0.29, 0.717) is 0 Å². The second kappa shape index (κ2) is 8.06. The molecule has 0 aromatic heterocycles. The molecule has 0 fully saturated rings.